The van der Waals surface area contributed by atoms with Crippen LogP contribution in [0.25, 0.3) is 0 Å². The molecule has 1 aliphatic rings. The van der Waals surface area contributed by atoms with E-state index in [-0.39, 0.29) is 5.76 Å². The number of carbonyl (C=O) groups is 1. The number of aliphatic imine (C=N–C) groups is 1. The lowest BCUT2D eigenvalue weighted by Crippen LogP contribution is -2.52. The Morgan fingerprint density at radius 2 is 2.00 bits per heavy atom. The highest BCUT2D eigenvalue weighted by Gasteiger charge is 2.20. The zero-order valence-corrected chi connectivity index (χ0v) is 15.9. The fourth-order valence-corrected chi connectivity index (χ4v) is 3.29. The molecule has 1 amide bonds. The molecule has 1 aliphatic heterocycles. The van der Waals surface area contributed by atoms with Gasteiger partial charge in [0.15, 0.2) is 11.7 Å². The van der Waals surface area contributed by atoms with Crippen molar-refractivity contribution < 1.29 is 9.21 Å². The van der Waals surface area contributed by atoms with Gasteiger partial charge in [0.1, 0.15) is 5.76 Å². The second-order valence-corrected chi connectivity index (χ2v) is 6.78. The SMILES string of the molecule is CN=C(NCc1ccc(C(N)=O)o1)N1CCN(Cc2cccc(C)c2)CC1. The van der Waals surface area contributed by atoms with Crippen molar-refractivity contribution in [1.82, 2.24) is 15.1 Å². The highest BCUT2D eigenvalue weighted by molar-refractivity contribution is 5.89. The van der Waals surface area contributed by atoms with E-state index in [4.69, 9.17) is 10.2 Å². The van der Waals surface area contributed by atoms with E-state index in [2.05, 4.69) is 51.3 Å². The van der Waals surface area contributed by atoms with Gasteiger partial charge in [-0.15, -0.1) is 0 Å². The van der Waals surface area contributed by atoms with Crippen molar-refractivity contribution in [3.8, 4) is 0 Å². The third-order valence-corrected chi connectivity index (χ3v) is 4.70. The lowest BCUT2D eigenvalue weighted by atomic mass is 10.1. The van der Waals surface area contributed by atoms with Crippen LogP contribution in [0.5, 0.6) is 0 Å². The van der Waals surface area contributed by atoms with Gasteiger partial charge in [-0.2, -0.15) is 0 Å². The highest BCUT2D eigenvalue weighted by atomic mass is 16.3. The predicted octanol–water partition coefficient (Wildman–Crippen LogP) is 1.58. The third kappa shape index (κ3) is 5.10. The van der Waals surface area contributed by atoms with Crippen LogP contribution in [-0.4, -0.2) is 54.9 Å². The molecule has 0 atom stereocenters. The van der Waals surface area contributed by atoms with Gasteiger partial charge in [-0.05, 0) is 24.6 Å². The average Bonchev–Trinajstić information content (AvgIpc) is 3.13. The topological polar surface area (TPSA) is 87.1 Å². The summed E-state index contributed by atoms with van der Waals surface area (Å²) in [6.45, 7) is 7.37. The van der Waals surface area contributed by atoms with Gasteiger partial charge in [0.05, 0.1) is 6.54 Å². The summed E-state index contributed by atoms with van der Waals surface area (Å²) in [4.78, 5) is 20.2. The fraction of sp³-hybridized carbons (Fsp3) is 0.400. The molecule has 0 radical (unpaired) electrons. The van der Waals surface area contributed by atoms with Crippen LogP contribution < -0.4 is 11.1 Å². The molecule has 3 rings (SSSR count). The summed E-state index contributed by atoms with van der Waals surface area (Å²) in [5, 5.41) is 3.29. The number of benzene rings is 1. The van der Waals surface area contributed by atoms with Crippen LogP contribution in [0, 0.1) is 6.92 Å². The van der Waals surface area contributed by atoms with Crippen molar-refractivity contribution in [2.75, 3.05) is 33.2 Å². The average molecular weight is 369 g/mol. The summed E-state index contributed by atoms with van der Waals surface area (Å²) in [6.07, 6.45) is 0. The number of primary amides is 1. The van der Waals surface area contributed by atoms with E-state index in [0.717, 1.165) is 38.7 Å². The number of hydrogen-bond acceptors (Lipinski definition) is 4. The van der Waals surface area contributed by atoms with E-state index < -0.39 is 5.91 Å². The van der Waals surface area contributed by atoms with Crippen molar-refractivity contribution in [1.29, 1.82) is 0 Å². The summed E-state index contributed by atoms with van der Waals surface area (Å²) in [7, 11) is 1.78. The Balaban J connectivity index is 1.48. The molecule has 2 aromatic rings. The van der Waals surface area contributed by atoms with Crippen LogP contribution >= 0.6 is 0 Å². The number of hydrogen-bond donors (Lipinski definition) is 2. The Morgan fingerprint density at radius 3 is 2.63 bits per heavy atom. The first-order valence-corrected chi connectivity index (χ1v) is 9.17. The molecule has 1 fully saturated rings. The molecule has 1 saturated heterocycles. The van der Waals surface area contributed by atoms with Crippen LogP contribution in [0.1, 0.15) is 27.4 Å². The number of nitrogens with one attached hydrogen (secondary N) is 1. The van der Waals surface area contributed by atoms with Gasteiger partial charge in [-0.25, -0.2) is 0 Å². The van der Waals surface area contributed by atoms with Gasteiger partial charge in [0.25, 0.3) is 5.91 Å². The number of rotatable bonds is 5. The van der Waals surface area contributed by atoms with Gasteiger partial charge in [0.2, 0.25) is 0 Å². The van der Waals surface area contributed by atoms with Crippen LogP contribution in [0.4, 0.5) is 0 Å². The Morgan fingerprint density at radius 1 is 1.22 bits per heavy atom. The summed E-state index contributed by atoms with van der Waals surface area (Å²) < 4.78 is 5.40. The minimum absolute atomic E-state index is 0.173. The van der Waals surface area contributed by atoms with E-state index >= 15 is 0 Å². The molecule has 7 nitrogen and oxygen atoms in total. The van der Waals surface area contributed by atoms with Crippen molar-refractivity contribution in [2.24, 2.45) is 10.7 Å². The fourth-order valence-electron chi connectivity index (χ4n) is 3.29. The number of nitrogens with two attached hydrogens (primary N) is 1. The quantitative estimate of drug-likeness (QED) is 0.617. The number of aryl methyl sites for hydroxylation is 1. The molecule has 3 N–H and O–H groups in total. The number of nitrogens with zero attached hydrogens (tertiary/aromatic N) is 3. The van der Waals surface area contributed by atoms with Crippen molar-refractivity contribution >= 4 is 11.9 Å². The van der Waals surface area contributed by atoms with E-state index in [9.17, 15) is 4.79 Å². The summed E-state index contributed by atoms with van der Waals surface area (Å²) in [6, 6.07) is 12.0. The molecule has 7 heteroatoms. The molecule has 1 aromatic heterocycles. The second kappa shape index (κ2) is 8.73. The number of furan rings is 1. The largest absolute Gasteiger partial charge is 0.454 e. The Labute approximate surface area is 159 Å². The minimum Gasteiger partial charge on any atom is -0.454 e. The predicted molar refractivity (Wildman–Crippen MR) is 105 cm³/mol. The van der Waals surface area contributed by atoms with Crippen LogP contribution in [0.2, 0.25) is 0 Å². The first kappa shape index (κ1) is 19.0. The molecule has 144 valence electrons. The maximum atomic E-state index is 11.1. The lowest BCUT2D eigenvalue weighted by Gasteiger charge is -2.36. The maximum absolute atomic E-state index is 11.1. The summed E-state index contributed by atoms with van der Waals surface area (Å²) in [5.74, 6) is 1.10. The molecular formula is C20H27N5O2. The van der Waals surface area contributed by atoms with Gasteiger partial charge >= 0.3 is 0 Å². The molecule has 0 spiro atoms. The van der Waals surface area contributed by atoms with Crippen molar-refractivity contribution in [3.63, 3.8) is 0 Å². The molecule has 0 saturated carbocycles. The number of guanidine groups is 1. The van der Waals surface area contributed by atoms with E-state index in [1.54, 1.807) is 19.2 Å². The van der Waals surface area contributed by atoms with Gasteiger partial charge in [-0.1, -0.05) is 29.8 Å². The Hall–Kier alpha value is -2.80. The standard InChI is InChI=1S/C20H27N5O2/c1-15-4-3-5-16(12-15)14-24-8-10-25(11-9-24)20(22-2)23-13-17-6-7-18(27-17)19(21)26/h3-7,12H,8-11,13-14H2,1-2H3,(H2,21,26)(H,22,23). The smallest absolute Gasteiger partial charge is 0.284 e. The second-order valence-electron chi connectivity index (χ2n) is 6.78. The molecule has 1 aromatic carbocycles. The molecule has 27 heavy (non-hydrogen) atoms. The number of amides is 1. The third-order valence-electron chi connectivity index (χ3n) is 4.70. The molecule has 0 aliphatic carbocycles. The normalized spacial score (nSPS) is 15.8. The zero-order valence-electron chi connectivity index (χ0n) is 15.9. The Bertz CT molecular complexity index is 806. The molecule has 0 bridgehead atoms. The number of piperazine rings is 1. The van der Waals surface area contributed by atoms with Gasteiger partial charge < -0.3 is 20.4 Å². The van der Waals surface area contributed by atoms with Gasteiger partial charge in [0, 0.05) is 39.8 Å². The van der Waals surface area contributed by atoms with Crippen LogP contribution in [0.15, 0.2) is 45.8 Å². The van der Waals surface area contributed by atoms with Crippen LogP contribution in [-0.2, 0) is 13.1 Å². The van der Waals surface area contributed by atoms with E-state index in [1.165, 1.54) is 11.1 Å². The highest BCUT2D eigenvalue weighted by Crippen LogP contribution is 2.11. The summed E-state index contributed by atoms with van der Waals surface area (Å²) >= 11 is 0. The maximum Gasteiger partial charge on any atom is 0.284 e. The first-order valence-electron chi connectivity index (χ1n) is 9.17. The molecule has 2 heterocycles. The zero-order chi connectivity index (χ0) is 19.2. The van der Waals surface area contributed by atoms with Crippen molar-refractivity contribution in [3.05, 3.63) is 59.0 Å². The monoisotopic (exact) mass is 369 g/mol. The Kier molecular flexibility index (Phi) is 6.13. The molecule has 0 unspecified atom stereocenters. The molecular weight excluding hydrogens is 342 g/mol. The summed E-state index contributed by atoms with van der Waals surface area (Å²) in [5.41, 5.74) is 7.87. The van der Waals surface area contributed by atoms with E-state index in [0.29, 0.717) is 12.3 Å². The van der Waals surface area contributed by atoms with Crippen LogP contribution in [0.3, 0.4) is 0 Å². The van der Waals surface area contributed by atoms with Gasteiger partial charge in [-0.3, -0.25) is 14.7 Å². The first-order chi connectivity index (χ1) is 13.0. The van der Waals surface area contributed by atoms with Crippen molar-refractivity contribution in [2.45, 2.75) is 20.0 Å². The van der Waals surface area contributed by atoms with E-state index in [1.807, 2.05) is 0 Å². The number of carbonyl (C=O) groups excluding carboxylic acids is 1. The minimum atomic E-state index is -0.560. The lowest BCUT2D eigenvalue weighted by molar-refractivity contribution is 0.0972.